The molecule has 0 amide bonds. The number of nitriles is 1. The monoisotopic (exact) mass is 240 g/mol. The molecule has 2 rings (SSSR count). The lowest BCUT2D eigenvalue weighted by atomic mass is 9.76. The Morgan fingerprint density at radius 2 is 2.11 bits per heavy atom. The van der Waals surface area contributed by atoms with E-state index in [-0.39, 0.29) is 6.42 Å². The first-order valence-electron chi connectivity index (χ1n) is 5.69. The highest BCUT2D eigenvalue weighted by Gasteiger charge is 2.38. The summed E-state index contributed by atoms with van der Waals surface area (Å²) in [6.45, 7) is 2.01. The van der Waals surface area contributed by atoms with E-state index in [0.29, 0.717) is 5.70 Å². The molecule has 18 heavy (non-hydrogen) atoms. The largest absolute Gasteiger partial charge is 0.458 e. The predicted molar refractivity (Wildman–Crippen MR) is 70.5 cm³/mol. The van der Waals surface area contributed by atoms with Crippen molar-refractivity contribution in [3.05, 3.63) is 41.6 Å². The van der Waals surface area contributed by atoms with Gasteiger partial charge in [-0.1, -0.05) is 17.7 Å². The van der Waals surface area contributed by atoms with Crippen LogP contribution in [-0.2, 0) is 9.53 Å². The first-order valence-corrected chi connectivity index (χ1v) is 5.69. The summed E-state index contributed by atoms with van der Waals surface area (Å²) in [5.41, 5.74) is 1.77. The summed E-state index contributed by atoms with van der Waals surface area (Å²) in [7, 11) is 1.73. The van der Waals surface area contributed by atoms with Gasteiger partial charge in [-0.15, -0.1) is 0 Å². The van der Waals surface area contributed by atoms with Crippen LogP contribution in [0.15, 0.2) is 36.0 Å². The average molecular weight is 240 g/mol. The van der Waals surface area contributed by atoms with Gasteiger partial charge in [-0.2, -0.15) is 5.26 Å². The van der Waals surface area contributed by atoms with Gasteiger partial charge in [0.25, 0.3) is 0 Å². The molecular formula is C13H13BN2O2. The summed E-state index contributed by atoms with van der Waals surface area (Å²) in [6.07, 6.45) is 1.53. The molecule has 1 aromatic carbocycles. The quantitative estimate of drug-likeness (QED) is 0.634. The lowest BCUT2D eigenvalue weighted by Crippen LogP contribution is -2.35. The Bertz CT molecular complexity index is 545. The highest BCUT2D eigenvalue weighted by molar-refractivity contribution is 6.20. The maximum absolute atomic E-state index is 11.3. The van der Waals surface area contributed by atoms with Crippen molar-refractivity contribution in [3.8, 4) is 6.07 Å². The number of carbonyl (C=O) groups is 1. The number of cyclic esters (lactones) is 1. The van der Waals surface area contributed by atoms with Crippen LogP contribution in [0.2, 0.25) is 0 Å². The van der Waals surface area contributed by atoms with E-state index in [4.69, 9.17) is 10.00 Å². The zero-order chi connectivity index (χ0) is 13.2. The van der Waals surface area contributed by atoms with Gasteiger partial charge in [0.05, 0.1) is 18.2 Å². The van der Waals surface area contributed by atoms with E-state index in [9.17, 15) is 4.79 Å². The van der Waals surface area contributed by atoms with Crippen LogP contribution in [0.25, 0.3) is 0 Å². The normalized spacial score (nSPS) is 22.0. The summed E-state index contributed by atoms with van der Waals surface area (Å²) in [5, 5.41) is 11.9. The first kappa shape index (κ1) is 12.2. The molecule has 1 aromatic rings. The van der Waals surface area contributed by atoms with Crippen molar-refractivity contribution < 1.29 is 9.53 Å². The molecule has 1 aliphatic rings. The van der Waals surface area contributed by atoms with Crippen LogP contribution in [0, 0.1) is 18.3 Å². The number of nitrogens with zero attached hydrogens (tertiary/aromatic N) is 1. The standard InChI is InChI=1S/C13H13BN2O2/c1-9-2-4-10(5-3-9)16-11-8-12(17)18-13(11,14)6-7-15/h2-5,8,16H,6,14H2,1H3. The topological polar surface area (TPSA) is 62.1 Å². The van der Waals surface area contributed by atoms with Gasteiger partial charge in [0.1, 0.15) is 5.50 Å². The Labute approximate surface area is 107 Å². The second-order valence-corrected chi connectivity index (χ2v) is 4.54. The summed E-state index contributed by atoms with van der Waals surface area (Å²) in [5.74, 6) is -0.414. The molecular weight excluding hydrogens is 227 g/mol. The molecule has 0 bridgehead atoms. The highest BCUT2D eigenvalue weighted by atomic mass is 16.6. The van der Waals surface area contributed by atoms with Crippen LogP contribution >= 0.6 is 0 Å². The molecule has 90 valence electrons. The van der Waals surface area contributed by atoms with Gasteiger partial charge < -0.3 is 10.1 Å². The number of carbonyl (C=O) groups excluding carboxylic acids is 1. The van der Waals surface area contributed by atoms with Crippen LogP contribution in [0.4, 0.5) is 5.69 Å². The van der Waals surface area contributed by atoms with Crippen LogP contribution in [0.3, 0.4) is 0 Å². The molecule has 0 saturated heterocycles. The molecule has 1 atom stereocenters. The van der Waals surface area contributed by atoms with Gasteiger partial charge in [0.2, 0.25) is 0 Å². The van der Waals surface area contributed by atoms with Crippen LogP contribution in [0.1, 0.15) is 12.0 Å². The lowest BCUT2D eigenvalue weighted by Gasteiger charge is -2.25. The zero-order valence-electron chi connectivity index (χ0n) is 10.4. The first-order chi connectivity index (χ1) is 8.53. The lowest BCUT2D eigenvalue weighted by molar-refractivity contribution is -0.140. The third-order valence-electron chi connectivity index (χ3n) is 2.90. The molecule has 0 saturated carbocycles. The van der Waals surface area contributed by atoms with E-state index in [0.717, 1.165) is 11.3 Å². The van der Waals surface area contributed by atoms with Crippen molar-refractivity contribution in [1.82, 2.24) is 0 Å². The van der Waals surface area contributed by atoms with E-state index in [1.807, 2.05) is 37.3 Å². The average Bonchev–Trinajstić information content (AvgIpc) is 2.57. The van der Waals surface area contributed by atoms with Crippen molar-refractivity contribution in [3.63, 3.8) is 0 Å². The molecule has 1 aliphatic heterocycles. The molecule has 0 fully saturated rings. The Morgan fingerprint density at radius 1 is 1.44 bits per heavy atom. The number of esters is 1. The van der Waals surface area contributed by atoms with Gasteiger partial charge in [0.15, 0.2) is 7.85 Å². The Morgan fingerprint density at radius 3 is 2.72 bits per heavy atom. The van der Waals surface area contributed by atoms with Crippen molar-refractivity contribution in [2.45, 2.75) is 18.8 Å². The fourth-order valence-electron chi connectivity index (χ4n) is 1.82. The number of nitrogens with one attached hydrogen (secondary N) is 1. The number of rotatable bonds is 3. The molecule has 0 radical (unpaired) electrons. The fourth-order valence-corrected chi connectivity index (χ4v) is 1.82. The van der Waals surface area contributed by atoms with Gasteiger partial charge in [0, 0.05) is 11.8 Å². The van der Waals surface area contributed by atoms with Crippen LogP contribution in [-0.4, -0.2) is 19.3 Å². The molecule has 0 aliphatic carbocycles. The molecule has 1 N–H and O–H groups in total. The molecule has 5 heteroatoms. The number of hydrogen-bond acceptors (Lipinski definition) is 4. The number of ether oxygens (including phenoxy) is 1. The molecule has 0 aromatic heterocycles. The maximum atomic E-state index is 11.3. The van der Waals surface area contributed by atoms with E-state index in [1.54, 1.807) is 7.85 Å². The van der Waals surface area contributed by atoms with Crippen LogP contribution in [0.5, 0.6) is 0 Å². The van der Waals surface area contributed by atoms with Gasteiger partial charge >= 0.3 is 5.97 Å². The van der Waals surface area contributed by atoms with E-state index in [1.165, 1.54) is 6.08 Å². The Kier molecular flexibility index (Phi) is 3.11. The summed E-state index contributed by atoms with van der Waals surface area (Å²) in [4.78, 5) is 11.3. The minimum atomic E-state index is -0.878. The van der Waals surface area contributed by atoms with E-state index < -0.39 is 11.5 Å². The smallest absolute Gasteiger partial charge is 0.332 e. The minimum Gasteiger partial charge on any atom is -0.458 e. The molecule has 1 unspecified atom stereocenters. The minimum absolute atomic E-state index is 0.128. The van der Waals surface area contributed by atoms with Crippen LogP contribution < -0.4 is 5.32 Å². The molecule has 4 nitrogen and oxygen atoms in total. The van der Waals surface area contributed by atoms with Crippen molar-refractivity contribution >= 4 is 19.5 Å². The molecule has 0 spiro atoms. The molecule has 1 heterocycles. The zero-order valence-corrected chi connectivity index (χ0v) is 10.4. The maximum Gasteiger partial charge on any atom is 0.332 e. The third-order valence-corrected chi connectivity index (χ3v) is 2.90. The summed E-state index contributed by atoms with van der Waals surface area (Å²) < 4.78 is 5.18. The summed E-state index contributed by atoms with van der Waals surface area (Å²) in [6, 6.07) is 9.83. The summed E-state index contributed by atoms with van der Waals surface area (Å²) >= 11 is 0. The van der Waals surface area contributed by atoms with Gasteiger partial charge in [-0.3, -0.25) is 0 Å². The Balaban J connectivity index is 2.22. The van der Waals surface area contributed by atoms with E-state index in [2.05, 4.69) is 5.32 Å². The van der Waals surface area contributed by atoms with E-state index >= 15 is 0 Å². The highest BCUT2D eigenvalue weighted by Crippen LogP contribution is 2.29. The second-order valence-electron chi connectivity index (χ2n) is 4.54. The fraction of sp³-hybridized carbons (Fsp3) is 0.231. The Hall–Kier alpha value is -2.22. The number of aryl methyl sites for hydroxylation is 1. The third kappa shape index (κ3) is 2.38. The van der Waals surface area contributed by atoms with Gasteiger partial charge in [-0.05, 0) is 19.1 Å². The van der Waals surface area contributed by atoms with Crippen molar-refractivity contribution in [2.75, 3.05) is 5.32 Å². The number of hydrogen-bond donors (Lipinski definition) is 1. The SMILES string of the molecule is BC1(CC#N)OC(=O)C=C1Nc1ccc(C)cc1. The van der Waals surface area contributed by atoms with Crippen molar-refractivity contribution in [1.29, 1.82) is 5.26 Å². The predicted octanol–water partition coefficient (Wildman–Crippen LogP) is 1.09. The second kappa shape index (κ2) is 4.57. The van der Waals surface area contributed by atoms with Crippen molar-refractivity contribution in [2.24, 2.45) is 0 Å². The number of anilines is 1. The number of benzene rings is 1. The van der Waals surface area contributed by atoms with Gasteiger partial charge in [-0.25, -0.2) is 4.79 Å².